The highest BCUT2D eigenvalue weighted by molar-refractivity contribution is 7.15. The summed E-state index contributed by atoms with van der Waals surface area (Å²) in [7, 11) is 0. The third kappa shape index (κ3) is 3.69. The molecule has 4 heteroatoms. The average Bonchev–Trinajstić information content (AvgIpc) is 2.88. The molecule has 1 aliphatic heterocycles. The Morgan fingerprint density at radius 1 is 1.39 bits per heavy atom. The molecule has 2 rings (SSSR count). The molecule has 1 aromatic heterocycles. The maximum absolute atomic E-state index is 4.57. The molecule has 0 saturated carbocycles. The van der Waals surface area contributed by atoms with Gasteiger partial charge in [0.1, 0.15) is 0 Å². The lowest BCUT2D eigenvalue weighted by Crippen LogP contribution is -2.33. The summed E-state index contributed by atoms with van der Waals surface area (Å²) in [4.78, 5) is 8.39. The Hall–Kier alpha value is -0.610. The van der Waals surface area contributed by atoms with Gasteiger partial charge in [-0.15, -0.1) is 11.3 Å². The van der Waals surface area contributed by atoms with E-state index in [0.29, 0.717) is 0 Å². The van der Waals surface area contributed by atoms with Crippen molar-refractivity contribution in [3.05, 3.63) is 11.1 Å². The van der Waals surface area contributed by atoms with Crippen LogP contribution in [0.25, 0.3) is 0 Å². The highest BCUT2D eigenvalue weighted by Gasteiger charge is 2.19. The normalized spacial score (nSPS) is 17.3. The highest BCUT2D eigenvalue weighted by atomic mass is 32.1. The fraction of sp³-hybridized carbons (Fsp3) is 0.786. The SMILES string of the molecule is CCCNCc1cnc(N2CCC(CC)CC2)s1. The number of rotatable bonds is 6. The van der Waals surface area contributed by atoms with Crippen molar-refractivity contribution < 1.29 is 0 Å². The lowest BCUT2D eigenvalue weighted by Gasteiger charge is -2.31. The molecule has 0 aliphatic carbocycles. The largest absolute Gasteiger partial charge is 0.348 e. The minimum atomic E-state index is 0.937. The Morgan fingerprint density at radius 3 is 2.83 bits per heavy atom. The monoisotopic (exact) mass is 267 g/mol. The van der Waals surface area contributed by atoms with Crippen LogP contribution in [-0.2, 0) is 6.54 Å². The van der Waals surface area contributed by atoms with Crippen molar-refractivity contribution in [1.29, 1.82) is 0 Å². The van der Waals surface area contributed by atoms with Crippen molar-refractivity contribution in [2.45, 2.75) is 46.1 Å². The number of aromatic nitrogens is 1. The van der Waals surface area contributed by atoms with Gasteiger partial charge >= 0.3 is 0 Å². The summed E-state index contributed by atoms with van der Waals surface area (Å²) >= 11 is 1.85. The number of piperidine rings is 1. The number of nitrogens with one attached hydrogen (secondary N) is 1. The highest BCUT2D eigenvalue weighted by Crippen LogP contribution is 2.28. The number of hydrogen-bond donors (Lipinski definition) is 1. The molecule has 0 atom stereocenters. The Labute approximate surface area is 115 Å². The number of anilines is 1. The van der Waals surface area contributed by atoms with E-state index in [1.807, 2.05) is 17.5 Å². The molecule has 1 saturated heterocycles. The number of thiazole rings is 1. The van der Waals surface area contributed by atoms with Crippen molar-refractivity contribution in [2.24, 2.45) is 5.92 Å². The first-order valence-corrected chi connectivity index (χ1v) is 8.05. The van der Waals surface area contributed by atoms with Gasteiger partial charge in [-0.2, -0.15) is 0 Å². The molecule has 0 radical (unpaired) electrons. The van der Waals surface area contributed by atoms with Gasteiger partial charge < -0.3 is 10.2 Å². The van der Waals surface area contributed by atoms with Gasteiger partial charge in [0, 0.05) is 30.7 Å². The maximum Gasteiger partial charge on any atom is 0.185 e. The molecular formula is C14H25N3S. The van der Waals surface area contributed by atoms with Gasteiger partial charge in [-0.1, -0.05) is 20.3 Å². The summed E-state index contributed by atoms with van der Waals surface area (Å²) in [6, 6.07) is 0. The minimum absolute atomic E-state index is 0.937. The molecule has 1 fully saturated rings. The molecule has 1 N–H and O–H groups in total. The molecule has 1 aromatic rings. The van der Waals surface area contributed by atoms with Crippen LogP contribution in [0.4, 0.5) is 5.13 Å². The molecule has 0 aromatic carbocycles. The predicted molar refractivity (Wildman–Crippen MR) is 79.3 cm³/mol. The first kappa shape index (κ1) is 13.8. The van der Waals surface area contributed by atoms with E-state index in [1.54, 1.807) is 0 Å². The van der Waals surface area contributed by atoms with Crippen LogP contribution in [0.1, 0.15) is 44.4 Å². The Kier molecular flexibility index (Phi) is 5.45. The quantitative estimate of drug-likeness (QED) is 0.802. The molecule has 18 heavy (non-hydrogen) atoms. The third-order valence-corrected chi connectivity index (χ3v) is 4.79. The zero-order chi connectivity index (χ0) is 12.8. The molecule has 0 spiro atoms. The summed E-state index contributed by atoms with van der Waals surface area (Å²) in [5.74, 6) is 0.937. The van der Waals surface area contributed by atoms with Crippen molar-refractivity contribution >= 4 is 16.5 Å². The second-order valence-corrected chi connectivity index (χ2v) is 6.22. The van der Waals surface area contributed by atoms with Crippen molar-refractivity contribution in [3.8, 4) is 0 Å². The minimum Gasteiger partial charge on any atom is -0.348 e. The lowest BCUT2D eigenvalue weighted by molar-refractivity contribution is 0.395. The van der Waals surface area contributed by atoms with Gasteiger partial charge in [0.15, 0.2) is 5.13 Å². The van der Waals surface area contributed by atoms with E-state index < -0.39 is 0 Å². The average molecular weight is 267 g/mol. The van der Waals surface area contributed by atoms with Crippen molar-refractivity contribution in [1.82, 2.24) is 10.3 Å². The molecule has 2 heterocycles. The van der Waals surface area contributed by atoms with Crippen LogP contribution in [0.5, 0.6) is 0 Å². The Balaban J connectivity index is 1.82. The molecule has 0 bridgehead atoms. The van der Waals surface area contributed by atoms with Crippen LogP contribution in [0.2, 0.25) is 0 Å². The Bertz CT molecular complexity index is 343. The standard InChI is InChI=1S/C14H25N3S/c1-3-7-15-10-13-11-16-14(18-13)17-8-5-12(4-2)6-9-17/h11-12,15H,3-10H2,1-2H3. The summed E-state index contributed by atoms with van der Waals surface area (Å²) < 4.78 is 0. The fourth-order valence-electron chi connectivity index (χ4n) is 2.45. The number of hydrogen-bond acceptors (Lipinski definition) is 4. The molecule has 0 unspecified atom stereocenters. The van der Waals surface area contributed by atoms with Gasteiger partial charge in [-0.25, -0.2) is 4.98 Å². The lowest BCUT2D eigenvalue weighted by atomic mass is 9.95. The molecule has 3 nitrogen and oxygen atoms in total. The van der Waals surface area contributed by atoms with E-state index in [4.69, 9.17) is 0 Å². The van der Waals surface area contributed by atoms with Gasteiger partial charge in [-0.05, 0) is 31.7 Å². The van der Waals surface area contributed by atoms with E-state index in [-0.39, 0.29) is 0 Å². The zero-order valence-electron chi connectivity index (χ0n) is 11.6. The predicted octanol–water partition coefficient (Wildman–Crippen LogP) is 3.27. The van der Waals surface area contributed by atoms with Crippen LogP contribution >= 0.6 is 11.3 Å². The van der Waals surface area contributed by atoms with Crippen LogP contribution in [0.3, 0.4) is 0 Å². The summed E-state index contributed by atoms with van der Waals surface area (Å²) in [5, 5.41) is 4.66. The first-order valence-electron chi connectivity index (χ1n) is 7.23. The third-order valence-electron chi connectivity index (χ3n) is 3.73. The van der Waals surface area contributed by atoms with Gasteiger partial charge in [-0.3, -0.25) is 0 Å². The van der Waals surface area contributed by atoms with Crippen LogP contribution in [-0.4, -0.2) is 24.6 Å². The van der Waals surface area contributed by atoms with Crippen LogP contribution < -0.4 is 10.2 Å². The summed E-state index contributed by atoms with van der Waals surface area (Å²) in [6.45, 7) is 8.94. The van der Waals surface area contributed by atoms with Crippen LogP contribution in [0, 0.1) is 5.92 Å². The topological polar surface area (TPSA) is 28.2 Å². The number of nitrogens with zero attached hydrogens (tertiary/aromatic N) is 2. The van der Waals surface area contributed by atoms with E-state index in [9.17, 15) is 0 Å². The van der Waals surface area contributed by atoms with Crippen LogP contribution in [0.15, 0.2) is 6.20 Å². The zero-order valence-corrected chi connectivity index (χ0v) is 12.4. The van der Waals surface area contributed by atoms with E-state index in [2.05, 4.69) is 29.0 Å². The fourth-order valence-corrected chi connectivity index (χ4v) is 3.38. The van der Waals surface area contributed by atoms with E-state index in [1.165, 1.54) is 48.8 Å². The van der Waals surface area contributed by atoms with Crippen molar-refractivity contribution in [3.63, 3.8) is 0 Å². The molecule has 102 valence electrons. The van der Waals surface area contributed by atoms with Gasteiger partial charge in [0.25, 0.3) is 0 Å². The van der Waals surface area contributed by atoms with Gasteiger partial charge in [0.2, 0.25) is 0 Å². The van der Waals surface area contributed by atoms with Crippen molar-refractivity contribution in [2.75, 3.05) is 24.5 Å². The van der Waals surface area contributed by atoms with Gasteiger partial charge in [0.05, 0.1) is 0 Å². The molecule has 1 aliphatic rings. The summed E-state index contributed by atoms with van der Waals surface area (Å²) in [6.07, 6.45) is 7.22. The molecule has 0 amide bonds. The van der Waals surface area contributed by atoms with E-state index >= 15 is 0 Å². The smallest absolute Gasteiger partial charge is 0.185 e. The maximum atomic E-state index is 4.57. The van der Waals surface area contributed by atoms with E-state index in [0.717, 1.165) is 19.0 Å². The second-order valence-electron chi connectivity index (χ2n) is 5.12. The first-order chi connectivity index (χ1) is 8.83. The Morgan fingerprint density at radius 2 is 2.17 bits per heavy atom. The summed E-state index contributed by atoms with van der Waals surface area (Å²) in [5.41, 5.74) is 0. The second kappa shape index (κ2) is 7.10. The molecular weight excluding hydrogens is 242 g/mol.